The van der Waals surface area contributed by atoms with Crippen molar-refractivity contribution < 1.29 is 4.79 Å². The van der Waals surface area contributed by atoms with Crippen LogP contribution in [0.2, 0.25) is 0 Å². The second-order valence-electron chi connectivity index (χ2n) is 3.34. The van der Waals surface area contributed by atoms with E-state index in [-0.39, 0.29) is 6.04 Å². The summed E-state index contributed by atoms with van der Waals surface area (Å²) in [5, 5.41) is 1.73. The molecule has 0 N–H and O–H groups in total. The van der Waals surface area contributed by atoms with Gasteiger partial charge in [-0.2, -0.15) is 0 Å². The Morgan fingerprint density at radius 1 is 1.20 bits per heavy atom. The van der Waals surface area contributed by atoms with Gasteiger partial charge < -0.3 is 4.79 Å². The molecule has 0 spiro atoms. The first kappa shape index (κ1) is 8.23. The highest BCUT2D eigenvalue weighted by atomic mass is 16.1. The van der Waals surface area contributed by atoms with E-state index >= 15 is 0 Å². The first-order valence-electron chi connectivity index (χ1n) is 4.63. The number of carbonyl (C=O) groups excluding carboxylic acids is 1. The van der Waals surface area contributed by atoms with Crippen molar-refractivity contribution >= 4 is 23.4 Å². The summed E-state index contributed by atoms with van der Waals surface area (Å²) in [6.07, 6.45) is 5.93. The Morgan fingerprint density at radius 2 is 2.07 bits per heavy atom. The minimum atomic E-state index is -0.368. The Labute approximate surface area is 85.0 Å². The van der Waals surface area contributed by atoms with Crippen LogP contribution >= 0.6 is 0 Å². The molecule has 1 aliphatic rings. The minimum Gasteiger partial charge on any atom is -0.301 e. The molecule has 1 atom stereocenters. The normalized spacial score (nSPS) is 18.0. The van der Waals surface area contributed by atoms with Gasteiger partial charge in [0.05, 0.1) is 16.4 Å². The molecule has 4 heteroatoms. The number of fused-ring (bicyclic) bond motifs is 3. The molecule has 0 radical (unpaired) electrons. The van der Waals surface area contributed by atoms with Gasteiger partial charge in [0.15, 0.2) is 0 Å². The van der Waals surface area contributed by atoms with Crippen molar-refractivity contribution in [2.75, 3.05) is 0 Å². The number of benzene rings is 1. The summed E-state index contributed by atoms with van der Waals surface area (Å²) in [4.78, 5) is 23.3. The van der Waals surface area contributed by atoms with Gasteiger partial charge in [0.1, 0.15) is 12.3 Å². The fourth-order valence-electron chi connectivity index (χ4n) is 1.76. The highest BCUT2D eigenvalue weighted by Crippen LogP contribution is 2.02. The van der Waals surface area contributed by atoms with Crippen LogP contribution in [-0.2, 0) is 4.79 Å². The van der Waals surface area contributed by atoms with E-state index in [4.69, 9.17) is 0 Å². The summed E-state index contributed by atoms with van der Waals surface area (Å²) in [6.45, 7) is 0. The van der Waals surface area contributed by atoms with Gasteiger partial charge in [0, 0.05) is 17.6 Å². The molecule has 2 heterocycles. The van der Waals surface area contributed by atoms with Crippen LogP contribution in [0.4, 0.5) is 0 Å². The number of hydrogen-bond acceptors (Lipinski definition) is 4. The Morgan fingerprint density at radius 3 is 2.93 bits per heavy atom. The van der Waals surface area contributed by atoms with E-state index in [1.54, 1.807) is 12.4 Å². The SMILES string of the molecule is O=CC1C=c2c(ccc3nccnc23)=N1. The van der Waals surface area contributed by atoms with Crippen molar-refractivity contribution in [3.8, 4) is 0 Å². The van der Waals surface area contributed by atoms with Crippen LogP contribution in [0.25, 0.3) is 17.1 Å². The summed E-state index contributed by atoms with van der Waals surface area (Å²) in [7, 11) is 0. The van der Waals surface area contributed by atoms with Crippen molar-refractivity contribution in [1.29, 1.82) is 0 Å². The highest BCUT2D eigenvalue weighted by molar-refractivity contribution is 5.79. The lowest BCUT2D eigenvalue weighted by molar-refractivity contribution is -0.107. The third-order valence-corrected chi connectivity index (χ3v) is 2.42. The Kier molecular flexibility index (Phi) is 1.62. The van der Waals surface area contributed by atoms with Gasteiger partial charge in [0.2, 0.25) is 0 Å². The van der Waals surface area contributed by atoms with Crippen molar-refractivity contribution in [3.05, 3.63) is 35.1 Å². The fourth-order valence-corrected chi connectivity index (χ4v) is 1.76. The predicted molar refractivity (Wildman–Crippen MR) is 54.6 cm³/mol. The van der Waals surface area contributed by atoms with Crippen LogP contribution in [0.1, 0.15) is 0 Å². The van der Waals surface area contributed by atoms with Crippen LogP contribution in [0, 0.1) is 0 Å². The molecule has 0 amide bonds. The lowest BCUT2D eigenvalue weighted by atomic mass is 10.2. The molecule has 0 saturated heterocycles. The first-order valence-corrected chi connectivity index (χ1v) is 4.63. The van der Waals surface area contributed by atoms with Crippen LogP contribution in [-0.4, -0.2) is 22.3 Å². The zero-order valence-electron chi connectivity index (χ0n) is 7.79. The maximum Gasteiger partial charge on any atom is 0.148 e. The van der Waals surface area contributed by atoms with Crippen molar-refractivity contribution in [2.24, 2.45) is 4.99 Å². The van der Waals surface area contributed by atoms with E-state index in [0.717, 1.165) is 27.9 Å². The van der Waals surface area contributed by atoms with Gasteiger partial charge in [-0.1, -0.05) is 0 Å². The molecule has 1 aromatic carbocycles. The summed E-state index contributed by atoms with van der Waals surface area (Å²) >= 11 is 0. The number of aromatic nitrogens is 2. The molecule has 0 fully saturated rings. The number of carbonyl (C=O) groups is 1. The lowest BCUT2D eigenvalue weighted by Gasteiger charge is -1.93. The third kappa shape index (κ3) is 1.15. The summed E-state index contributed by atoms with van der Waals surface area (Å²) in [5.41, 5.74) is 1.64. The number of nitrogens with zero attached hydrogens (tertiary/aromatic N) is 3. The van der Waals surface area contributed by atoms with E-state index in [9.17, 15) is 4.79 Å². The maximum absolute atomic E-state index is 10.7. The topological polar surface area (TPSA) is 55.2 Å². The molecule has 1 aliphatic heterocycles. The lowest BCUT2D eigenvalue weighted by Crippen LogP contribution is -2.22. The highest BCUT2D eigenvalue weighted by Gasteiger charge is 2.09. The molecule has 0 aliphatic carbocycles. The average Bonchev–Trinajstić information content (AvgIpc) is 2.72. The van der Waals surface area contributed by atoms with Gasteiger partial charge in [0.25, 0.3) is 0 Å². The zero-order valence-corrected chi connectivity index (χ0v) is 7.79. The molecule has 3 rings (SSSR count). The van der Waals surface area contributed by atoms with Gasteiger partial charge in [-0.3, -0.25) is 15.0 Å². The number of aldehydes is 1. The number of hydrogen-bond donors (Lipinski definition) is 0. The maximum atomic E-state index is 10.7. The Hall–Kier alpha value is -2.10. The zero-order chi connectivity index (χ0) is 10.3. The molecule has 4 nitrogen and oxygen atoms in total. The minimum absolute atomic E-state index is 0.368. The van der Waals surface area contributed by atoms with E-state index in [1.807, 2.05) is 18.2 Å². The monoisotopic (exact) mass is 197 g/mol. The summed E-state index contributed by atoms with van der Waals surface area (Å²) < 4.78 is 0. The van der Waals surface area contributed by atoms with E-state index in [2.05, 4.69) is 15.0 Å². The molecule has 0 saturated carbocycles. The van der Waals surface area contributed by atoms with E-state index in [1.165, 1.54) is 0 Å². The second kappa shape index (κ2) is 2.95. The largest absolute Gasteiger partial charge is 0.301 e. The van der Waals surface area contributed by atoms with Crippen LogP contribution in [0.3, 0.4) is 0 Å². The second-order valence-corrected chi connectivity index (χ2v) is 3.34. The predicted octanol–water partition coefficient (Wildman–Crippen LogP) is -0.389. The van der Waals surface area contributed by atoms with Gasteiger partial charge in [-0.25, -0.2) is 0 Å². The third-order valence-electron chi connectivity index (χ3n) is 2.42. The van der Waals surface area contributed by atoms with Crippen LogP contribution < -0.4 is 10.6 Å². The smallest absolute Gasteiger partial charge is 0.148 e. The van der Waals surface area contributed by atoms with Crippen molar-refractivity contribution in [2.45, 2.75) is 6.04 Å². The molecule has 0 bridgehead atoms. The molecule has 1 unspecified atom stereocenters. The molecule has 2 aromatic rings. The van der Waals surface area contributed by atoms with Crippen molar-refractivity contribution in [3.63, 3.8) is 0 Å². The first-order chi connectivity index (χ1) is 7.38. The molecular formula is C11H7N3O. The quantitative estimate of drug-likeness (QED) is 0.585. The van der Waals surface area contributed by atoms with Gasteiger partial charge >= 0.3 is 0 Å². The van der Waals surface area contributed by atoms with E-state index in [0.29, 0.717) is 0 Å². The summed E-state index contributed by atoms with van der Waals surface area (Å²) in [5.74, 6) is 0. The Bertz CT molecular complexity index is 663. The number of rotatable bonds is 1. The van der Waals surface area contributed by atoms with Gasteiger partial charge in [-0.15, -0.1) is 0 Å². The molecule has 72 valence electrons. The molecular weight excluding hydrogens is 190 g/mol. The molecule has 1 aromatic heterocycles. The fraction of sp³-hybridized carbons (Fsp3) is 0.0909. The van der Waals surface area contributed by atoms with E-state index < -0.39 is 0 Å². The van der Waals surface area contributed by atoms with Crippen LogP contribution in [0.5, 0.6) is 0 Å². The standard InChI is InChI=1S/C11H7N3O/c15-6-7-5-8-9(14-7)1-2-10-11(8)13-4-3-12-10/h1-7H. The van der Waals surface area contributed by atoms with Crippen LogP contribution in [0.15, 0.2) is 29.5 Å². The molecule has 15 heavy (non-hydrogen) atoms. The average molecular weight is 197 g/mol. The Balaban J connectivity index is 2.49. The summed E-state index contributed by atoms with van der Waals surface area (Å²) in [6, 6.07) is 3.37. The van der Waals surface area contributed by atoms with Crippen molar-refractivity contribution in [1.82, 2.24) is 9.97 Å². The van der Waals surface area contributed by atoms with Gasteiger partial charge in [-0.05, 0) is 18.2 Å².